The Labute approximate surface area is 174 Å². The number of rotatable bonds is 9. The number of carbonyl (C=O) groups excluding carboxylic acids is 2. The Kier molecular flexibility index (Phi) is 8.64. The SMILES string of the molecule is CCCCCNC(=O)C(C)NC(=O)C1CCN(S(=O)(=O)c2ccc(C)cc2)CC1. The van der Waals surface area contributed by atoms with Crippen molar-refractivity contribution in [2.75, 3.05) is 19.6 Å². The summed E-state index contributed by atoms with van der Waals surface area (Å²) in [5.74, 6) is -0.655. The molecule has 2 amide bonds. The number of sulfonamides is 1. The van der Waals surface area contributed by atoms with Crippen LogP contribution in [0, 0.1) is 12.8 Å². The van der Waals surface area contributed by atoms with Gasteiger partial charge in [0.15, 0.2) is 0 Å². The summed E-state index contributed by atoms with van der Waals surface area (Å²) < 4.78 is 27.0. The summed E-state index contributed by atoms with van der Waals surface area (Å²) in [5, 5.41) is 5.60. The maximum absolute atomic E-state index is 12.8. The van der Waals surface area contributed by atoms with Crippen molar-refractivity contribution in [1.82, 2.24) is 14.9 Å². The van der Waals surface area contributed by atoms with Crippen molar-refractivity contribution in [2.45, 2.75) is 63.8 Å². The molecule has 1 unspecified atom stereocenters. The number of benzene rings is 1. The minimum atomic E-state index is -3.54. The van der Waals surface area contributed by atoms with Crippen LogP contribution in [0.1, 0.15) is 51.5 Å². The topological polar surface area (TPSA) is 95.6 Å². The predicted molar refractivity (Wildman–Crippen MR) is 113 cm³/mol. The lowest BCUT2D eigenvalue weighted by Crippen LogP contribution is -2.49. The average Bonchev–Trinajstić information content (AvgIpc) is 2.71. The first-order valence-electron chi connectivity index (χ1n) is 10.4. The molecular weight excluding hydrogens is 390 g/mol. The van der Waals surface area contributed by atoms with Gasteiger partial charge in [-0.1, -0.05) is 37.5 Å². The van der Waals surface area contributed by atoms with E-state index in [9.17, 15) is 18.0 Å². The lowest BCUT2D eigenvalue weighted by atomic mass is 9.97. The number of aryl methyl sites for hydroxylation is 1. The van der Waals surface area contributed by atoms with Gasteiger partial charge in [0, 0.05) is 25.6 Å². The van der Waals surface area contributed by atoms with Gasteiger partial charge in [0.05, 0.1) is 4.90 Å². The van der Waals surface area contributed by atoms with Crippen LogP contribution in [-0.2, 0) is 19.6 Å². The van der Waals surface area contributed by atoms with Gasteiger partial charge in [-0.05, 0) is 45.2 Å². The van der Waals surface area contributed by atoms with E-state index in [4.69, 9.17) is 0 Å². The second-order valence-corrected chi connectivity index (χ2v) is 9.66. The lowest BCUT2D eigenvalue weighted by molar-refractivity contribution is -0.131. The van der Waals surface area contributed by atoms with Crippen LogP contribution in [0.3, 0.4) is 0 Å². The maximum atomic E-state index is 12.8. The Hall–Kier alpha value is -1.93. The van der Waals surface area contributed by atoms with Crippen molar-refractivity contribution < 1.29 is 18.0 Å². The Morgan fingerprint density at radius 3 is 2.34 bits per heavy atom. The molecule has 1 heterocycles. The average molecular weight is 424 g/mol. The molecule has 7 nitrogen and oxygen atoms in total. The molecule has 0 bridgehead atoms. The minimum Gasteiger partial charge on any atom is -0.354 e. The fourth-order valence-corrected chi connectivity index (χ4v) is 4.82. The fourth-order valence-electron chi connectivity index (χ4n) is 3.35. The Morgan fingerprint density at radius 1 is 1.14 bits per heavy atom. The van der Waals surface area contributed by atoms with Gasteiger partial charge in [0.25, 0.3) is 0 Å². The number of nitrogens with zero attached hydrogens (tertiary/aromatic N) is 1. The molecule has 0 aromatic heterocycles. The van der Waals surface area contributed by atoms with Crippen molar-refractivity contribution >= 4 is 21.8 Å². The standard InChI is InChI=1S/C21H33N3O4S/c1-4-5-6-13-22-20(25)17(3)23-21(26)18-11-14-24(15-12-18)29(27,28)19-9-7-16(2)8-10-19/h7-10,17-18H,4-6,11-15H2,1-3H3,(H,22,25)(H,23,26). The molecule has 1 atom stereocenters. The molecule has 29 heavy (non-hydrogen) atoms. The predicted octanol–water partition coefficient (Wildman–Crippen LogP) is 2.21. The second kappa shape index (κ2) is 10.7. The van der Waals surface area contributed by atoms with E-state index < -0.39 is 16.1 Å². The zero-order valence-corrected chi connectivity index (χ0v) is 18.4. The summed E-state index contributed by atoms with van der Waals surface area (Å²) in [6.45, 7) is 6.89. The van der Waals surface area contributed by atoms with Gasteiger partial charge in [0.1, 0.15) is 6.04 Å². The van der Waals surface area contributed by atoms with Crippen molar-refractivity contribution in [2.24, 2.45) is 5.92 Å². The first-order valence-corrected chi connectivity index (χ1v) is 11.8. The van der Waals surface area contributed by atoms with Crippen molar-refractivity contribution in [3.05, 3.63) is 29.8 Å². The number of hydrogen-bond donors (Lipinski definition) is 2. The maximum Gasteiger partial charge on any atom is 0.243 e. The first kappa shape index (κ1) is 23.3. The van der Waals surface area contributed by atoms with Gasteiger partial charge in [-0.2, -0.15) is 4.31 Å². The van der Waals surface area contributed by atoms with E-state index >= 15 is 0 Å². The molecule has 1 fully saturated rings. The Morgan fingerprint density at radius 2 is 1.76 bits per heavy atom. The zero-order valence-electron chi connectivity index (χ0n) is 17.6. The molecule has 0 saturated carbocycles. The van der Waals surface area contributed by atoms with Crippen LogP contribution in [-0.4, -0.2) is 50.2 Å². The van der Waals surface area contributed by atoms with Crippen molar-refractivity contribution in [1.29, 1.82) is 0 Å². The van der Waals surface area contributed by atoms with Crippen LogP contribution in [0.2, 0.25) is 0 Å². The molecule has 2 rings (SSSR count). The summed E-state index contributed by atoms with van der Waals surface area (Å²) in [5.41, 5.74) is 1.00. The van der Waals surface area contributed by atoms with E-state index in [-0.39, 0.29) is 22.6 Å². The van der Waals surface area contributed by atoms with Crippen LogP contribution in [0.4, 0.5) is 0 Å². The molecular formula is C21H33N3O4S. The summed E-state index contributed by atoms with van der Waals surface area (Å²) >= 11 is 0. The van der Waals surface area contributed by atoms with Crippen LogP contribution in [0.25, 0.3) is 0 Å². The first-order chi connectivity index (χ1) is 13.8. The zero-order chi connectivity index (χ0) is 21.4. The molecule has 0 aliphatic carbocycles. The third kappa shape index (κ3) is 6.54. The monoisotopic (exact) mass is 423 g/mol. The Balaban J connectivity index is 1.83. The van der Waals surface area contributed by atoms with Gasteiger partial charge in [0.2, 0.25) is 21.8 Å². The molecule has 1 saturated heterocycles. The third-order valence-electron chi connectivity index (χ3n) is 5.32. The number of carbonyl (C=O) groups is 2. The molecule has 1 aliphatic heterocycles. The van der Waals surface area contributed by atoms with E-state index in [0.29, 0.717) is 32.5 Å². The third-order valence-corrected chi connectivity index (χ3v) is 7.23. The minimum absolute atomic E-state index is 0.186. The highest BCUT2D eigenvalue weighted by Crippen LogP contribution is 2.24. The smallest absolute Gasteiger partial charge is 0.243 e. The van der Waals surface area contributed by atoms with Crippen LogP contribution < -0.4 is 10.6 Å². The van der Waals surface area contributed by atoms with E-state index in [0.717, 1.165) is 24.8 Å². The van der Waals surface area contributed by atoms with E-state index in [1.54, 1.807) is 31.2 Å². The van der Waals surface area contributed by atoms with Gasteiger partial charge >= 0.3 is 0 Å². The highest BCUT2D eigenvalue weighted by molar-refractivity contribution is 7.89. The molecule has 8 heteroatoms. The number of nitrogens with one attached hydrogen (secondary N) is 2. The lowest BCUT2D eigenvalue weighted by Gasteiger charge is -2.31. The molecule has 1 aromatic rings. The number of unbranched alkanes of at least 4 members (excludes halogenated alkanes) is 2. The van der Waals surface area contributed by atoms with Crippen LogP contribution in [0.5, 0.6) is 0 Å². The molecule has 1 aliphatic rings. The van der Waals surface area contributed by atoms with Gasteiger partial charge < -0.3 is 10.6 Å². The Bertz CT molecular complexity index is 785. The van der Waals surface area contributed by atoms with Gasteiger partial charge in [-0.3, -0.25) is 9.59 Å². The van der Waals surface area contributed by atoms with Crippen molar-refractivity contribution in [3.63, 3.8) is 0 Å². The summed E-state index contributed by atoms with van der Waals surface area (Å²) in [6.07, 6.45) is 3.96. The van der Waals surface area contributed by atoms with Crippen molar-refractivity contribution in [3.8, 4) is 0 Å². The van der Waals surface area contributed by atoms with Gasteiger partial charge in [-0.15, -0.1) is 0 Å². The number of piperidine rings is 1. The molecule has 0 radical (unpaired) electrons. The summed E-state index contributed by atoms with van der Waals surface area (Å²) in [6, 6.07) is 6.19. The normalized spacial score (nSPS) is 16.9. The van der Waals surface area contributed by atoms with E-state index in [1.807, 2.05) is 6.92 Å². The molecule has 162 valence electrons. The molecule has 2 N–H and O–H groups in total. The van der Waals surface area contributed by atoms with E-state index in [2.05, 4.69) is 17.6 Å². The highest BCUT2D eigenvalue weighted by atomic mass is 32.2. The summed E-state index contributed by atoms with van der Waals surface area (Å²) in [4.78, 5) is 24.8. The number of hydrogen-bond acceptors (Lipinski definition) is 4. The number of amides is 2. The highest BCUT2D eigenvalue weighted by Gasteiger charge is 2.32. The quantitative estimate of drug-likeness (QED) is 0.595. The second-order valence-electron chi connectivity index (χ2n) is 7.72. The van der Waals surface area contributed by atoms with Gasteiger partial charge in [-0.25, -0.2) is 8.42 Å². The van der Waals surface area contributed by atoms with Crippen LogP contribution >= 0.6 is 0 Å². The largest absolute Gasteiger partial charge is 0.354 e. The summed E-state index contributed by atoms with van der Waals surface area (Å²) in [7, 11) is -3.54. The van der Waals surface area contributed by atoms with Crippen LogP contribution in [0.15, 0.2) is 29.2 Å². The fraction of sp³-hybridized carbons (Fsp3) is 0.619. The molecule has 1 aromatic carbocycles. The van der Waals surface area contributed by atoms with E-state index in [1.165, 1.54) is 4.31 Å². The molecule has 0 spiro atoms.